The number of carbonyl (C=O) groups is 3. The van der Waals surface area contributed by atoms with Crippen LogP contribution in [0.3, 0.4) is 0 Å². The standard InChI is InChI=1S/C30H47N3O5/c1-20-19-23(20)16-17-30(6,7)38-27(35)31-18-12-11-15-24(32-28(36)37-29(3,4)5)26(34)33-21(2)25(33)22-13-9-8-10-14-22/h8-10,13-14,20-21,23-25H,11-12,15-19H2,1-7H3,(H,31,35)(H,32,36)/t20-,21-,23?,24-,25-,33?/m0/s1. The molecule has 2 N–H and O–H groups in total. The third kappa shape index (κ3) is 9.21. The first kappa shape index (κ1) is 29.8. The molecule has 1 aromatic rings. The van der Waals surface area contributed by atoms with Gasteiger partial charge in [-0.15, -0.1) is 0 Å². The van der Waals surface area contributed by atoms with Crippen LogP contribution in [0.1, 0.15) is 98.6 Å². The summed E-state index contributed by atoms with van der Waals surface area (Å²) < 4.78 is 11.0. The van der Waals surface area contributed by atoms with Crippen LogP contribution >= 0.6 is 0 Å². The molecule has 1 aliphatic carbocycles. The van der Waals surface area contributed by atoms with E-state index in [2.05, 4.69) is 17.6 Å². The Kier molecular flexibility index (Phi) is 9.71. The van der Waals surface area contributed by atoms with Crippen LogP contribution in [-0.4, -0.2) is 52.8 Å². The van der Waals surface area contributed by atoms with Gasteiger partial charge in [-0.25, -0.2) is 9.59 Å². The fourth-order valence-corrected chi connectivity index (χ4v) is 5.00. The van der Waals surface area contributed by atoms with Gasteiger partial charge in [-0.3, -0.25) is 4.79 Å². The van der Waals surface area contributed by atoms with Crippen LogP contribution in [0.2, 0.25) is 0 Å². The summed E-state index contributed by atoms with van der Waals surface area (Å²) in [7, 11) is 0. The highest BCUT2D eigenvalue weighted by Gasteiger charge is 2.50. The number of alkyl carbamates (subject to hydrolysis) is 2. The Balaban J connectivity index is 1.46. The van der Waals surface area contributed by atoms with Crippen molar-refractivity contribution in [3.05, 3.63) is 35.9 Å². The SMILES string of the molecule is C[C@H]1CC1CCC(C)(C)OC(=O)NCCCC[C@H](NC(=O)OC(C)(C)C)C(=O)N1[C@H](c2ccccc2)[C@@H]1C. The summed E-state index contributed by atoms with van der Waals surface area (Å²) >= 11 is 0. The van der Waals surface area contributed by atoms with E-state index in [1.807, 2.05) is 56.0 Å². The number of benzene rings is 1. The van der Waals surface area contributed by atoms with Crippen molar-refractivity contribution in [1.29, 1.82) is 0 Å². The van der Waals surface area contributed by atoms with Crippen LogP contribution < -0.4 is 10.6 Å². The van der Waals surface area contributed by atoms with Crippen LogP contribution in [0.25, 0.3) is 0 Å². The van der Waals surface area contributed by atoms with Crippen molar-refractivity contribution in [2.45, 2.75) is 116 Å². The molecule has 1 aliphatic heterocycles. The summed E-state index contributed by atoms with van der Waals surface area (Å²) in [5.74, 6) is 1.45. The summed E-state index contributed by atoms with van der Waals surface area (Å²) in [6.07, 6.45) is 3.95. The number of hydrogen-bond donors (Lipinski definition) is 2. The highest BCUT2D eigenvalue weighted by atomic mass is 16.6. The summed E-state index contributed by atoms with van der Waals surface area (Å²) in [6, 6.07) is 9.29. The molecule has 8 nitrogen and oxygen atoms in total. The highest BCUT2D eigenvalue weighted by molar-refractivity contribution is 5.88. The van der Waals surface area contributed by atoms with Crippen molar-refractivity contribution < 1.29 is 23.9 Å². The van der Waals surface area contributed by atoms with Crippen LogP contribution in [0.15, 0.2) is 30.3 Å². The van der Waals surface area contributed by atoms with Crippen molar-refractivity contribution in [1.82, 2.24) is 15.5 Å². The van der Waals surface area contributed by atoms with E-state index in [-0.39, 0.29) is 18.0 Å². The predicted octanol–water partition coefficient (Wildman–Crippen LogP) is 5.96. The molecule has 1 saturated carbocycles. The van der Waals surface area contributed by atoms with Gasteiger partial charge in [-0.2, -0.15) is 0 Å². The Labute approximate surface area is 228 Å². The molecule has 0 spiro atoms. The summed E-state index contributed by atoms with van der Waals surface area (Å²) in [4.78, 5) is 40.1. The fourth-order valence-electron chi connectivity index (χ4n) is 5.00. The maximum Gasteiger partial charge on any atom is 0.408 e. The molecule has 3 rings (SSSR count). The molecule has 212 valence electrons. The van der Waals surface area contributed by atoms with Gasteiger partial charge >= 0.3 is 12.2 Å². The number of carbonyl (C=O) groups excluding carboxylic acids is 3. The lowest BCUT2D eigenvalue weighted by atomic mass is 10.00. The minimum absolute atomic E-state index is 0.00885. The molecule has 2 fully saturated rings. The number of rotatable bonds is 12. The Morgan fingerprint density at radius 3 is 2.26 bits per heavy atom. The molecule has 0 radical (unpaired) electrons. The zero-order valence-corrected chi connectivity index (χ0v) is 24.2. The lowest BCUT2D eigenvalue weighted by Crippen LogP contribution is -2.46. The van der Waals surface area contributed by atoms with Crippen LogP contribution in [0.4, 0.5) is 9.59 Å². The molecule has 2 aliphatic rings. The second-order valence-electron chi connectivity index (χ2n) is 12.6. The van der Waals surface area contributed by atoms with Gasteiger partial charge in [0, 0.05) is 6.54 Å². The van der Waals surface area contributed by atoms with E-state index in [4.69, 9.17) is 9.47 Å². The molecule has 38 heavy (non-hydrogen) atoms. The average Bonchev–Trinajstić information content (AvgIpc) is 3.71. The summed E-state index contributed by atoms with van der Waals surface area (Å²) in [5.41, 5.74) is -0.0696. The molecule has 0 bridgehead atoms. The third-order valence-corrected chi connectivity index (χ3v) is 7.44. The molecule has 1 saturated heterocycles. The maximum absolute atomic E-state index is 13.4. The van der Waals surface area contributed by atoms with E-state index in [0.29, 0.717) is 25.8 Å². The first-order valence-corrected chi connectivity index (χ1v) is 14.1. The lowest BCUT2D eigenvalue weighted by molar-refractivity contribution is -0.129. The van der Waals surface area contributed by atoms with Gasteiger partial charge in [0.1, 0.15) is 17.2 Å². The molecule has 3 amide bonds. The monoisotopic (exact) mass is 529 g/mol. The number of unbranched alkanes of at least 4 members (excludes halogenated alkanes) is 1. The van der Waals surface area contributed by atoms with Crippen LogP contribution in [-0.2, 0) is 14.3 Å². The highest BCUT2D eigenvalue weighted by Crippen LogP contribution is 2.44. The van der Waals surface area contributed by atoms with Gasteiger partial charge in [0.25, 0.3) is 0 Å². The smallest absolute Gasteiger partial charge is 0.408 e. The van der Waals surface area contributed by atoms with Crippen LogP contribution in [0, 0.1) is 11.8 Å². The minimum atomic E-state index is -0.697. The van der Waals surface area contributed by atoms with E-state index in [1.54, 1.807) is 20.8 Å². The van der Waals surface area contributed by atoms with Crippen molar-refractivity contribution in [2.24, 2.45) is 11.8 Å². The Bertz CT molecular complexity index is 958. The van der Waals surface area contributed by atoms with Gasteiger partial charge in [-0.05, 0) is 97.5 Å². The number of ether oxygens (including phenoxy) is 2. The average molecular weight is 530 g/mol. The second-order valence-corrected chi connectivity index (χ2v) is 12.6. The van der Waals surface area contributed by atoms with Crippen molar-refractivity contribution in [3.63, 3.8) is 0 Å². The van der Waals surface area contributed by atoms with Gasteiger partial charge < -0.3 is 25.0 Å². The molecule has 8 heteroatoms. The van der Waals surface area contributed by atoms with E-state index in [9.17, 15) is 14.4 Å². The second kappa shape index (κ2) is 12.4. The molecular weight excluding hydrogens is 482 g/mol. The minimum Gasteiger partial charge on any atom is -0.444 e. The number of amides is 3. The number of nitrogens with one attached hydrogen (secondary N) is 2. The van der Waals surface area contributed by atoms with Gasteiger partial charge in [0.15, 0.2) is 0 Å². The topological polar surface area (TPSA) is 96.7 Å². The Morgan fingerprint density at radius 1 is 1.00 bits per heavy atom. The third-order valence-electron chi connectivity index (χ3n) is 7.44. The zero-order chi connectivity index (χ0) is 28.1. The summed E-state index contributed by atoms with van der Waals surface area (Å²) in [5, 5.41) is 5.61. The van der Waals surface area contributed by atoms with Crippen molar-refractivity contribution in [2.75, 3.05) is 6.54 Å². The Hall–Kier alpha value is -2.77. The summed E-state index contributed by atoms with van der Waals surface area (Å²) in [6.45, 7) is 14.0. The number of hydrogen-bond acceptors (Lipinski definition) is 5. The first-order valence-electron chi connectivity index (χ1n) is 14.1. The quantitative estimate of drug-likeness (QED) is 0.257. The van der Waals surface area contributed by atoms with Crippen molar-refractivity contribution in [3.8, 4) is 0 Å². The lowest BCUT2D eigenvalue weighted by Gasteiger charge is -2.25. The molecule has 0 aromatic heterocycles. The molecule has 5 atom stereocenters. The van der Waals surface area contributed by atoms with E-state index >= 15 is 0 Å². The molecular formula is C30H47N3O5. The van der Waals surface area contributed by atoms with E-state index in [1.165, 1.54) is 6.42 Å². The normalized spacial score (nSPS) is 23.3. The fraction of sp³-hybridized carbons (Fsp3) is 0.700. The maximum atomic E-state index is 13.4. The largest absolute Gasteiger partial charge is 0.444 e. The van der Waals surface area contributed by atoms with Crippen LogP contribution in [0.5, 0.6) is 0 Å². The molecule has 1 unspecified atom stereocenters. The van der Waals surface area contributed by atoms with Crippen molar-refractivity contribution >= 4 is 18.1 Å². The molecule has 1 heterocycles. The predicted molar refractivity (Wildman–Crippen MR) is 148 cm³/mol. The zero-order valence-electron chi connectivity index (χ0n) is 24.2. The number of nitrogens with zero attached hydrogens (tertiary/aromatic N) is 1. The van der Waals surface area contributed by atoms with Gasteiger partial charge in [0.05, 0.1) is 12.1 Å². The van der Waals surface area contributed by atoms with Gasteiger partial charge in [-0.1, -0.05) is 37.3 Å². The van der Waals surface area contributed by atoms with E-state index in [0.717, 1.165) is 30.2 Å². The van der Waals surface area contributed by atoms with Gasteiger partial charge in [0.2, 0.25) is 5.91 Å². The van der Waals surface area contributed by atoms with E-state index < -0.39 is 29.4 Å². The Morgan fingerprint density at radius 2 is 1.66 bits per heavy atom. The molecule has 1 aromatic carbocycles. The first-order chi connectivity index (χ1) is 17.8.